The molecule has 1 saturated carbocycles. The molecule has 128 valence electrons. The minimum absolute atomic E-state index is 0.130. The van der Waals surface area contributed by atoms with Crippen LogP contribution in [0.4, 0.5) is 5.82 Å². The Hall–Kier alpha value is -1.80. The van der Waals surface area contributed by atoms with Gasteiger partial charge in [-0.3, -0.25) is 4.98 Å². The van der Waals surface area contributed by atoms with Crippen molar-refractivity contribution >= 4 is 27.0 Å². The summed E-state index contributed by atoms with van der Waals surface area (Å²) in [5.74, 6) is 1.39. The third kappa shape index (κ3) is 2.95. The Morgan fingerprint density at radius 3 is 2.88 bits per heavy atom. The van der Waals surface area contributed by atoms with E-state index in [1.165, 1.54) is 0 Å². The van der Waals surface area contributed by atoms with Crippen molar-refractivity contribution in [3.05, 3.63) is 24.5 Å². The zero-order valence-electron chi connectivity index (χ0n) is 13.4. The first-order chi connectivity index (χ1) is 11.6. The van der Waals surface area contributed by atoms with Crippen molar-refractivity contribution in [3.63, 3.8) is 0 Å². The first-order valence-electron chi connectivity index (χ1n) is 8.45. The molecule has 2 fully saturated rings. The first-order valence-corrected chi connectivity index (χ1v) is 10.1. The number of nitrogens with zero attached hydrogens (tertiary/aromatic N) is 4. The largest absolute Gasteiger partial charge is 0.370 e. The number of sulfonamides is 1. The zero-order valence-corrected chi connectivity index (χ0v) is 14.2. The molecule has 1 aliphatic heterocycles. The van der Waals surface area contributed by atoms with Gasteiger partial charge in [-0.05, 0) is 37.3 Å². The molecule has 0 aromatic carbocycles. The van der Waals surface area contributed by atoms with Gasteiger partial charge in [0.1, 0.15) is 11.3 Å². The molecule has 8 heteroatoms. The maximum atomic E-state index is 12.2. The second-order valence-corrected chi connectivity index (χ2v) is 8.56. The van der Waals surface area contributed by atoms with Gasteiger partial charge in [0.05, 0.1) is 5.75 Å². The van der Waals surface area contributed by atoms with Crippen molar-refractivity contribution in [2.45, 2.75) is 31.7 Å². The van der Waals surface area contributed by atoms with Crippen LogP contribution in [0.1, 0.15) is 25.7 Å². The lowest BCUT2D eigenvalue weighted by Gasteiger charge is -2.28. The Morgan fingerprint density at radius 2 is 2.04 bits per heavy atom. The molecule has 1 saturated heterocycles. The molecule has 4 rings (SSSR count). The summed E-state index contributed by atoms with van der Waals surface area (Å²) in [6.07, 6.45) is 7.13. The maximum absolute atomic E-state index is 12.2. The number of pyridine rings is 1. The summed E-state index contributed by atoms with van der Waals surface area (Å²) in [4.78, 5) is 12.9. The Morgan fingerprint density at radius 1 is 1.17 bits per heavy atom. The lowest BCUT2D eigenvalue weighted by molar-refractivity contribution is 0.286. The highest BCUT2D eigenvalue weighted by atomic mass is 32.2. The molecule has 1 N–H and O–H groups in total. The van der Waals surface area contributed by atoms with Crippen LogP contribution < -0.4 is 5.32 Å². The van der Waals surface area contributed by atoms with Gasteiger partial charge in [-0.1, -0.05) is 6.42 Å². The molecule has 2 aromatic rings. The molecule has 7 nitrogen and oxygen atoms in total. The molecule has 0 spiro atoms. The highest BCUT2D eigenvalue weighted by Gasteiger charge is 2.40. The van der Waals surface area contributed by atoms with Crippen LogP contribution in [0.2, 0.25) is 0 Å². The fourth-order valence-electron chi connectivity index (χ4n) is 3.85. The van der Waals surface area contributed by atoms with Gasteiger partial charge in [0.15, 0.2) is 5.65 Å². The lowest BCUT2D eigenvalue weighted by Crippen LogP contribution is -2.41. The number of rotatable bonds is 4. The molecule has 0 radical (unpaired) electrons. The number of hydrogen-bond acceptors (Lipinski definition) is 6. The Bertz CT molecular complexity index is 841. The highest BCUT2D eigenvalue weighted by molar-refractivity contribution is 7.89. The minimum Gasteiger partial charge on any atom is -0.370 e. The van der Waals surface area contributed by atoms with Crippen LogP contribution in [0, 0.1) is 5.92 Å². The quantitative estimate of drug-likeness (QED) is 0.904. The summed E-state index contributed by atoms with van der Waals surface area (Å²) in [7, 11) is -3.04. The monoisotopic (exact) mass is 347 g/mol. The smallest absolute Gasteiger partial charge is 0.214 e. The fourth-order valence-corrected chi connectivity index (χ4v) is 5.68. The molecule has 1 aliphatic carbocycles. The Balaban J connectivity index is 1.46. The van der Waals surface area contributed by atoms with E-state index in [2.05, 4.69) is 20.3 Å². The SMILES string of the molecule is O=S1(=O)CCCN1C1CCCC1CNc1ccc2nccnc2n1. The Kier molecular flexibility index (Phi) is 4.09. The molecule has 2 unspecified atom stereocenters. The summed E-state index contributed by atoms with van der Waals surface area (Å²) in [6, 6.07) is 3.92. The molecule has 0 amide bonds. The predicted octanol–water partition coefficient (Wildman–Crippen LogP) is 1.64. The van der Waals surface area contributed by atoms with Gasteiger partial charge >= 0.3 is 0 Å². The number of nitrogens with one attached hydrogen (secondary N) is 1. The van der Waals surface area contributed by atoms with E-state index >= 15 is 0 Å². The zero-order chi connectivity index (χ0) is 16.6. The van der Waals surface area contributed by atoms with E-state index in [1.807, 2.05) is 12.1 Å². The van der Waals surface area contributed by atoms with Crippen LogP contribution >= 0.6 is 0 Å². The predicted molar refractivity (Wildman–Crippen MR) is 92.1 cm³/mol. The standard InChI is InChI=1S/C16H21N5O2S/c22-24(23)10-2-9-21(24)14-4-1-3-12(14)11-19-15-6-5-13-16(20-15)18-8-7-17-13/h5-8,12,14H,1-4,9-11H2,(H,18,19,20). The summed E-state index contributed by atoms with van der Waals surface area (Å²) >= 11 is 0. The molecular weight excluding hydrogens is 326 g/mol. The Labute approximate surface area is 141 Å². The van der Waals surface area contributed by atoms with Crippen LogP contribution in [0.15, 0.2) is 24.5 Å². The second-order valence-electron chi connectivity index (χ2n) is 6.52. The van der Waals surface area contributed by atoms with Gasteiger partial charge in [0.25, 0.3) is 0 Å². The van der Waals surface area contributed by atoms with Crippen molar-refractivity contribution in [1.29, 1.82) is 0 Å². The van der Waals surface area contributed by atoms with Crippen molar-refractivity contribution in [1.82, 2.24) is 19.3 Å². The molecule has 3 heterocycles. The van der Waals surface area contributed by atoms with Crippen LogP contribution in [-0.4, -0.2) is 52.6 Å². The van der Waals surface area contributed by atoms with Gasteiger partial charge < -0.3 is 5.32 Å². The van der Waals surface area contributed by atoms with Gasteiger partial charge in [-0.2, -0.15) is 4.31 Å². The van der Waals surface area contributed by atoms with Gasteiger partial charge in [0.2, 0.25) is 10.0 Å². The summed E-state index contributed by atoms with van der Waals surface area (Å²) < 4.78 is 26.1. The fraction of sp³-hybridized carbons (Fsp3) is 0.562. The molecule has 2 atom stereocenters. The van der Waals surface area contributed by atoms with Crippen molar-refractivity contribution < 1.29 is 8.42 Å². The number of anilines is 1. The van der Waals surface area contributed by atoms with E-state index in [4.69, 9.17) is 0 Å². The topological polar surface area (TPSA) is 88.1 Å². The van der Waals surface area contributed by atoms with Crippen molar-refractivity contribution in [2.75, 3.05) is 24.2 Å². The number of hydrogen-bond donors (Lipinski definition) is 1. The van der Waals surface area contributed by atoms with Crippen LogP contribution in [0.5, 0.6) is 0 Å². The summed E-state index contributed by atoms with van der Waals surface area (Å²) in [5.41, 5.74) is 1.39. The van der Waals surface area contributed by atoms with Gasteiger partial charge in [-0.15, -0.1) is 0 Å². The van der Waals surface area contributed by atoms with E-state index < -0.39 is 10.0 Å². The van der Waals surface area contributed by atoms with Crippen LogP contribution in [0.3, 0.4) is 0 Å². The second kappa shape index (κ2) is 6.25. The molecule has 0 bridgehead atoms. The van der Waals surface area contributed by atoms with E-state index in [0.717, 1.165) is 43.6 Å². The van der Waals surface area contributed by atoms with Crippen molar-refractivity contribution in [3.8, 4) is 0 Å². The molecule has 2 aliphatic rings. The third-order valence-electron chi connectivity index (χ3n) is 5.00. The lowest BCUT2D eigenvalue weighted by atomic mass is 10.0. The number of fused-ring (bicyclic) bond motifs is 1. The van der Waals surface area contributed by atoms with E-state index in [9.17, 15) is 8.42 Å². The minimum atomic E-state index is -3.04. The molecule has 24 heavy (non-hydrogen) atoms. The summed E-state index contributed by atoms with van der Waals surface area (Å²) in [6.45, 7) is 1.41. The van der Waals surface area contributed by atoms with Gasteiger partial charge in [-0.25, -0.2) is 18.4 Å². The van der Waals surface area contributed by atoms with Crippen LogP contribution in [0.25, 0.3) is 11.2 Å². The third-order valence-corrected chi connectivity index (χ3v) is 6.98. The summed E-state index contributed by atoms with van der Waals surface area (Å²) in [5, 5.41) is 3.36. The molecule has 2 aromatic heterocycles. The molecular formula is C16H21N5O2S. The number of aromatic nitrogens is 3. The van der Waals surface area contributed by atoms with Crippen molar-refractivity contribution in [2.24, 2.45) is 5.92 Å². The van der Waals surface area contributed by atoms with E-state index in [0.29, 0.717) is 23.9 Å². The van der Waals surface area contributed by atoms with E-state index in [1.54, 1.807) is 16.7 Å². The van der Waals surface area contributed by atoms with Gasteiger partial charge in [0, 0.05) is 31.5 Å². The van der Waals surface area contributed by atoms with E-state index in [-0.39, 0.29) is 6.04 Å². The maximum Gasteiger partial charge on any atom is 0.214 e. The first kappa shape index (κ1) is 15.7. The normalized spacial score (nSPS) is 26.8. The average molecular weight is 347 g/mol. The highest BCUT2D eigenvalue weighted by Crippen LogP contribution is 2.34. The van der Waals surface area contributed by atoms with Crippen LogP contribution in [-0.2, 0) is 10.0 Å². The average Bonchev–Trinajstić information content (AvgIpc) is 3.17.